The molecule has 0 bridgehead atoms. The van der Waals surface area contributed by atoms with Crippen LogP contribution >= 0.6 is 0 Å². The van der Waals surface area contributed by atoms with Gasteiger partial charge >= 0.3 is 0 Å². The zero-order valence-corrected chi connectivity index (χ0v) is 13.1. The molecule has 3 rings (SSSR count). The van der Waals surface area contributed by atoms with E-state index in [4.69, 9.17) is 10.3 Å². The fraction of sp³-hybridized carbons (Fsp3) is 0.250. The zero-order chi connectivity index (χ0) is 16.2. The van der Waals surface area contributed by atoms with Gasteiger partial charge in [0.2, 0.25) is 11.8 Å². The third-order valence-electron chi connectivity index (χ3n) is 3.53. The summed E-state index contributed by atoms with van der Waals surface area (Å²) in [6, 6.07) is 10.00. The van der Waals surface area contributed by atoms with Crippen molar-refractivity contribution in [2.45, 2.75) is 26.8 Å². The quantitative estimate of drug-likeness (QED) is 0.745. The first kappa shape index (κ1) is 15.0. The van der Waals surface area contributed by atoms with Gasteiger partial charge in [0.15, 0.2) is 5.82 Å². The molecule has 0 unspecified atom stereocenters. The third-order valence-corrected chi connectivity index (χ3v) is 3.53. The lowest BCUT2D eigenvalue weighted by molar-refractivity contribution is 0.380. The van der Waals surface area contributed by atoms with Crippen molar-refractivity contribution in [1.82, 2.24) is 20.1 Å². The summed E-state index contributed by atoms with van der Waals surface area (Å²) in [4.78, 5) is 12.7. The second-order valence-electron chi connectivity index (χ2n) is 5.26. The Morgan fingerprint density at radius 1 is 1.09 bits per heavy atom. The first-order valence-corrected chi connectivity index (χ1v) is 7.32. The Morgan fingerprint density at radius 2 is 1.87 bits per heavy atom. The Bertz CT molecular complexity index is 800. The maximum atomic E-state index is 5.68. The molecular formula is C16H18N6O. The Morgan fingerprint density at radius 3 is 2.65 bits per heavy atom. The Hall–Kier alpha value is -2.96. The van der Waals surface area contributed by atoms with Gasteiger partial charge in [0.1, 0.15) is 5.82 Å². The van der Waals surface area contributed by atoms with Gasteiger partial charge < -0.3 is 15.6 Å². The van der Waals surface area contributed by atoms with Crippen molar-refractivity contribution >= 4 is 11.8 Å². The molecule has 2 aromatic heterocycles. The SMILES string of the molecule is Cc1nc(N)nc(NCc2noc(Cc3ccccc3)n2)c1C. The molecule has 2 heterocycles. The summed E-state index contributed by atoms with van der Waals surface area (Å²) < 4.78 is 5.28. The molecule has 0 amide bonds. The highest BCUT2D eigenvalue weighted by Gasteiger charge is 2.10. The van der Waals surface area contributed by atoms with E-state index in [0.717, 1.165) is 16.8 Å². The largest absolute Gasteiger partial charge is 0.368 e. The Labute approximate surface area is 134 Å². The minimum atomic E-state index is 0.244. The van der Waals surface area contributed by atoms with Crippen molar-refractivity contribution in [3.8, 4) is 0 Å². The molecule has 0 saturated heterocycles. The molecule has 7 nitrogen and oxygen atoms in total. The number of benzene rings is 1. The van der Waals surface area contributed by atoms with E-state index in [1.54, 1.807) is 0 Å². The average Bonchev–Trinajstić information content (AvgIpc) is 2.98. The van der Waals surface area contributed by atoms with Crippen LogP contribution in [0.25, 0.3) is 0 Å². The summed E-state index contributed by atoms with van der Waals surface area (Å²) in [6.07, 6.45) is 0.617. The molecular weight excluding hydrogens is 292 g/mol. The summed E-state index contributed by atoms with van der Waals surface area (Å²) in [6.45, 7) is 4.24. The van der Waals surface area contributed by atoms with E-state index in [1.165, 1.54) is 0 Å². The van der Waals surface area contributed by atoms with Crippen molar-refractivity contribution < 1.29 is 4.52 Å². The molecule has 0 spiro atoms. The van der Waals surface area contributed by atoms with Crippen molar-refractivity contribution in [3.63, 3.8) is 0 Å². The lowest BCUT2D eigenvalue weighted by Crippen LogP contribution is -2.09. The lowest BCUT2D eigenvalue weighted by Gasteiger charge is -2.08. The van der Waals surface area contributed by atoms with Gasteiger partial charge in [-0.15, -0.1) is 0 Å². The molecule has 1 aromatic carbocycles. The number of aryl methyl sites for hydroxylation is 1. The molecule has 3 aromatic rings. The smallest absolute Gasteiger partial charge is 0.231 e. The standard InChI is InChI=1S/C16H18N6O/c1-10-11(2)19-16(17)21-15(10)18-9-13-20-14(23-22-13)8-12-6-4-3-5-7-12/h3-7H,8-9H2,1-2H3,(H3,17,18,19,21). The van der Waals surface area contributed by atoms with Gasteiger partial charge in [0, 0.05) is 11.3 Å². The number of anilines is 2. The number of hydrogen-bond donors (Lipinski definition) is 2. The van der Waals surface area contributed by atoms with E-state index in [-0.39, 0.29) is 5.95 Å². The number of rotatable bonds is 5. The highest BCUT2D eigenvalue weighted by Crippen LogP contribution is 2.16. The second kappa shape index (κ2) is 6.43. The van der Waals surface area contributed by atoms with Crippen LogP contribution in [0, 0.1) is 13.8 Å². The van der Waals surface area contributed by atoms with Crippen LogP contribution in [0.15, 0.2) is 34.9 Å². The fourth-order valence-electron chi connectivity index (χ4n) is 2.19. The average molecular weight is 310 g/mol. The maximum Gasteiger partial charge on any atom is 0.231 e. The van der Waals surface area contributed by atoms with Crippen LogP contribution in [0.1, 0.15) is 28.5 Å². The summed E-state index contributed by atoms with van der Waals surface area (Å²) in [5, 5.41) is 7.15. The van der Waals surface area contributed by atoms with Gasteiger partial charge in [0.05, 0.1) is 13.0 Å². The molecule has 0 aliphatic rings. The van der Waals surface area contributed by atoms with E-state index in [9.17, 15) is 0 Å². The lowest BCUT2D eigenvalue weighted by atomic mass is 10.1. The van der Waals surface area contributed by atoms with E-state index in [0.29, 0.717) is 30.5 Å². The molecule has 0 aliphatic carbocycles. The second-order valence-corrected chi connectivity index (χ2v) is 5.26. The number of nitrogen functional groups attached to an aromatic ring is 1. The topological polar surface area (TPSA) is 103 Å². The number of nitrogens with zero attached hydrogens (tertiary/aromatic N) is 4. The van der Waals surface area contributed by atoms with Crippen molar-refractivity contribution in [2.24, 2.45) is 0 Å². The summed E-state index contributed by atoms with van der Waals surface area (Å²) in [7, 11) is 0. The number of nitrogens with two attached hydrogens (primary N) is 1. The molecule has 23 heavy (non-hydrogen) atoms. The number of hydrogen-bond acceptors (Lipinski definition) is 7. The highest BCUT2D eigenvalue weighted by molar-refractivity contribution is 5.48. The highest BCUT2D eigenvalue weighted by atomic mass is 16.5. The van der Waals surface area contributed by atoms with Crippen LogP contribution in [0.4, 0.5) is 11.8 Å². The minimum Gasteiger partial charge on any atom is -0.368 e. The molecule has 0 aliphatic heterocycles. The summed E-state index contributed by atoms with van der Waals surface area (Å²) in [5.74, 6) is 2.09. The van der Waals surface area contributed by atoms with Crippen LogP contribution in [0.5, 0.6) is 0 Å². The fourth-order valence-corrected chi connectivity index (χ4v) is 2.19. The van der Waals surface area contributed by atoms with E-state index in [2.05, 4.69) is 25.4 Å². The molecule has 0 atom stereocenters. The molecule has 118 valence electrons. The first-order chi connectivity index (χ1) is 11.1. The first-order valence-electron chi connectivity index (χ1n) is 7.32. The minimum absolute atomic E-state index is 0.244. The van der Waals surface area contributed by atoms with Crippen LogP contribution < -0.4 is 11.1 Å². The van der Waals surface area contributed by atoms with E-state index in [1.807, 2.05) is 44.2 Å². The van der Waals surface area contributed by atoms with Crippen LogP contribution in [0.2, 0.25) is 0 Å². The van der Waals surface area contributed by atoms with E-state index >= 15 is 0 Å². The molecule has 7 heteroatoms. The van der Waals surface area contributed by atoms with Crippen LogP contribution in [-0.2, 0) is 13.0 Å². The zero-order valence-electron chi connectivity index (χ0n) is 13.1. The Kier molecular flexibility index (Phi) is 4.18. The number of aromatic nitrogens is 4. The third kappa shape index (κ3) is 3.63. The van der Waals surface area contributed by atoms with Gasteiger partial charge in [-0.1, -0.05) is 35.5 Å². The van der Waals surface area contributed by atoms with Crippen LogP contribution in [0.3, 0.4) is 0 Å². The molecule has 0 saturated carbocycles. The van der Waals surface area contributed by atoms with Crippen molar-refractivity contribution in [3.05, 3.63) is 58.9 Å². The molecule has 3 N–H and O–H groups in total. The predicted octanol–water partition coefficient (Wildman–Crippen LogP) is 2.26. The molecule has 0 fully saturated rings. The summed E-state index contributed by atoms with van der Waals surface area (Å²) in [5.41, 5.74) is 8.60. The van der Waals surface area contributed by atoms with Gasteiger partial charge in [0.25, 0.3) is 0 Å². The van der Waals surface area contributed by atoms with Gasteiger partial charge in [-0.2, -0.15) is 9.97 Å². The monoisotopic (exact) mass is 310 g/mol. The Balaban J connectivity index is 1.66. The summed E-state index contributed by atoms with van der Waals surface area (Å²) >= 11 is 0. The van der Waals surface area contributed by atoms with Gasteiger partial charge in [-0.05, 0) is 19.4 Å². The van der Waals surface area contributed by atoms with Gasteiger partial charge in [-0.3, -0.25) is 0 Å². The maximum absolute atomic E-state index is 5.68. The van der Waals surface area contributed by atoms with Crippen LogP contribution in [-0.4, -0.2) is 20.1 Å². The van der Waals surface area contributed by atoms with Crippen molar-refractivity contribution in [1.29, 1.82) is 0 Å². The van der Waals surface area contributed by atoms with E-state index < -0.39 is 0 Å². The van der Waals surface area contributed by atoms with Gasteiger partial charge in [-0.25, -0.2) is 4.98 Å². The number of nitrogens with one attached hydrogen (secondary N) is 1. The van der Waals surface area contributed by atoms with Crippen molar-refractivity contribution in [2.75, 3.05) is 11.1 Å². The normalized spacial score (nSPS) is 10.7. The predicted molar refractivity (Wildman–Crippen MR) is 86.8 cm³/mol. The molecule has 0 radical (unpaired) electrons.